The van der Waals surface area contributed by atoms with Crippen LogP contribution in [0.3, 0.4) is 0 Å². The van der Waals surface area contributed by atoms with Crippen molar-refractivity contribution in [1.29, 1.82) is 0 Å². The quantitative estimate of drug-likeness (QED) is 0.880. The summed E-state index contributed by atoms with van der Waals surface area (Å²) in [5, 5.41) is 9.47. The summed E-state index contributed by atoms with van der Waals surface area (Å²) in [6.07, 6.45) is 0.130. The zero-order valence-corrected chi connectivity index (χ0v) is 10.8. The summed E-state index contributed by atoms with van der Waals surface area (Å²) < 4.78 is 13.0. The predicted octanol–water partition coefficient (Wildman–Crippen LogP) is 1.67. The SMILES string of the molecule is Cc1nc([C@H](C)NC(=O)Cc2cccc(F)c2)n[nH]1. The van der Waals surface area contributed by atoms with Crippen LogP contribution in [0.2, 0.25) is 0 Å². The number of carbonyl (C=O) groups is 1. The molecule has 2 aromatic rings. The van der Waals surface area contributed by atoms with Gasteiger partial charge in [-0.25, -0.2) is 9.37 Å². The Morgan fingerprint density at radius 3 is 2.95 bits per heavy atom. The lowest BCUT2D eigenvalue weighted by Crippen LogP contribution is -2.28. The Labute approximate surface area is 110 Å². The molecule has 6 heteroatoms. The van der Waals surface area contributed by atoms with Crippen molar-refractivity contribution in [3.63, 3.8) is 0 Å². The van der Waals surface area contributed by atoms with E-state index < -0.39 is 0 Å². The van der Waals surface area contributed by atoms with Gasteiger partial charge in [-0.05, 0) is 31.5 Å². The van der Waals surface area contributed by atoms with Gasteiger partial charge in [0, 0.05) is 0 Å². The molecule has 0 unspecified atom stereocenters. The van der Waals surface area contributed by atoms with E-state index in [0.29, 0.717) is 17.2 Å². The Morgan fingerprint density at radius 1 is 1.53 bits per heavy atom. The first kappa shape index (κ1) is 13.2. The van der Waals surface area contributed by atoms with Crippen molar-refractivity contribution in [2.45, 2.75) is 26.3 Å². The lowest BCUT2D eigenvalue weighted by molar-refractivity contribution is -0.121. The Hall–Kier alpha value is -2.24. The molecule has 0 aliphatic rings. The van der Waals surface area contributed by atoms with E-state index in [2.05, 4.69) is 20.5 Å². The Bertz CT molecular complexity index is 582. The summed E-state index contributed by atoms with van der Waals surface area (Å²) in [6.45, 7) is 3.59. The molecular weight excluding hydrogens is 247 g/mol. The number of amides is 1. The number of H-pyrrole nitrogens is 1. The van der Waals surface area contributed by atoms with E-state index >= 15 is 0 Å². The van der Waals surface area contributed by atoms with E-state index in [0.717, 1.165) is 0 Å². The highest BCUT2D eigenvalue weighted by Crippen LogP contribution is 2.08. The number of carbonyl (C=O) groups excluding carboxylic acids is 1. The third kappa shape index (κ3) is 3.61. The maximum absolute atomic E-state index is 13.0. The van der Waals surface area contributed by atoms with Crippen molar-refractivity contribution in [2.24, 2.45) is 0 Å². The van der Waals surface area contributed by atoms with Gasteiger partial charge in [0.15, 0.2) is 5.82 Å². The summed E-state index contributed by atoms with van der Waals surface area (Å²) in [4.78, 5) is 16.0. The van der Waals surface area contributed by atoms with Crippen LogP contribution >= 0.6 is 0 Å². The van der Waals surface area contributed by atoms with E-state index in [1.54, 1.807) is 26.0 Å². The fourth-order valence-electron chi connectivity index (χ4n) is 1.74. The minimum atomic E-state index is -0.344. The number of halogens is 1. The topological polar surface area (TPSA) is 70.7 Å². The van der Waals surface area contributed by atoms with Gasteiger partial charge in [-0.3, -0.25) is 9.89 Å². The molecule has 1 aromatic heterocycles. The second kappa shape index (κ2) is 5.60. The van der Waals surface area contributed by atoms with Crippen LogP contribution in [-0.4, -0.2) is 21.1 Å². The van der Waals surface area contributed by atoms with Crippen LogP contribution < -0.4 is 5.32 Å². The average molecular weight is 262 g/mol. The molecule has 1 amide bonds. The molecule has 0 spiro atoms. The second-order valence-electron chi connectivity index (χ2n) is 4.37. The molecule has 0 saturated heterocycles. The van der Waals surface area contributed by atoms with E-state index in [-0.39, 0.29) is 24.2 Å². The Balaban J connectivity index is 1.94. The highest BCUT2D eigenvalue weighted by atomic mass is 19.1. The molecule has 2 rings (SSSR count). The summed E-state index contributed by atoms with van der Waals surface area (Å²) in [5.41, 5.74) is 0.635. The number of rotatable bonds is 4. The van der Waals surface area contributed by atoms with E-state index in [9.17, 15) is 9.18 Å². The highest BCUT2D eigenvalue weighted by molar-refractivity contribution is 5.78. The van der Waals surface area contributed by atoms with Crippen molar-refractivity contribution in [2.75, 3.05) is 0 Å². The molecule has 0 aliphatic heterocycles. The lowest BCUT2D eigenvalue weighted by Gasteiger charge is -2.10. The zero-order valence-electron chi connectivity index (χ0n) is 10.8. The van der Waals surface area contributed by atoms with E-state index in [1.807, 2.05) is 0 Å². The highest BCUT2D eigenvalue weighted by Gasteiger charge is 2.13. The van der Waals surface area contributed by atoms with Gasteiger partial charge < -0.3 is 5.32 Å². The second-order valence-corrected chi connectivity index (χ2v) is 4.37. The zero-order chi connectivity index (χ0) is 13.8. The third-order valence-corrected chi connectivity index (χ3v) is 2.63. The minimum absolute atomic E-state index is 0.130. The molecule has 19 heavy (non-hydrogen) atoms. The fourth-order valence-corrected chi connectivity index (χ4v) is 1.74. The van der Waals surface area contributed by atoms with Gasteiger partial charge in [-0.1, -0.05) is 12.1 Å². The van der Waals surface area contributed by atoms with Crippen molar-refractivity contribution < 1.29 is 9.18 Å². The predicted molar refractivity (Wildman–Crippen MR) is 67.8 cm³/mol. The normalized spacial score (nSPS) is 12.2. The summed E-state index contributed by atoms with van der Waals surface area (Å²) in [5.74, 6) is 0.690. The molecule has 1 heterocycles. The Morgan fingerprint density at radius 2 is 2.32 bits per heavy atom. The number of nitrogens with one attached hydrogen (secondary N) is 2. The van der Waals surface area contributed by atoms with Crippen molar-refractivity contribution in [3.8, 4) is 0 Å². The van der Waals surface area contributed by atoms with Gasteiger partial charge in [-0.2, -0.15) is 5.10 Å². The lowest BCUT2D eigenvalue weighted by atomic mass is 10.1. The first-order valence-corrected chi connectivity index (χ1v) is 5.97. The molecule has 1 aromatic carbocycles. The molecule has 0 fully saturated rings. The van der Waals surface area contributed by atoms with Crippen LogP contribution in [-0.2, 0) is 11.2 Å². The molecule has 100 valence electrons. The van der Waals surface area contributed by atoms with Crippen molar-refractivity contribution >= 4 is 5.91 Å². The van der Waals surface area contributed by atoms with Gasteiger partial charge in [-0.15, -0.1) is 0 Å². The maximum atomic E-state index is 13.0. The largest absolute Gasteiger partial charge is 0.346 e. The summed E-state index contributed by atoms with van der Waals surface area (Å²) >= 11 is 0. The number of hydrogen-bond acceptors (Lipinski definition) is 3. The van der Waals surface area contributed by atoms with Gasteiger partial charge in [0.05, 0.1) is 12.5 Å². The van der Waals surface area contributed by atoms with E-state index in [1.165, 1.54) is 12.1 Å². The maximum Gasteiger partial charge on any atom is 0.225 e. The van der Waals surface area contributed by atoms with Crippen molar-refractivity contribution in [3.05, 3.63) is 47.3 Å². The number of benzene rings is 1. The van der Waals surface area contributed by atoms with Crippen LogP contribution in [0.4, 0.5) is 4.39 Å². The molecular formula is C13H15FN4O. The molecule has 0 saturated carbocycles. The molecule has 5 nitrogen and oxygen atoms in total. The number of aromatic amines is 1. The number of hydrogen-bond donors (Lipinski definition) is 2. The number of aryl methyl sites for hydroxylation is 1. The summed E-state index contributed by atoms with van der Waals surface area (Å²) in [6, 6.07) is 5.71. The Kier molecular flexibility index (Phi) is 3.89. The average Bonchev–Trinajstić information content (AvgIpc) is 2.75. The summed E-state index contributed by atoms with van der Waals surface area (Å²) in [7, 11) is 0. The third-order valence-electron chi connectivity index (χ3n) is 2.63. The van der Waals surface area contributed by atoms with Gasteiger partial charge in [0.25, 0.3) is 0 Å². The van der Waals surface area contributed by atoms with Crippen LogP contribution in [0.25, 0.3) is 0 Å². The molecule has 1 atom stereocenters. The standard InChI is InChI=1S/C13H15FN4O/c1-8(13-16-9(2)17-18-13)15-12(19)7-10-4-3-5-11(14)6-10/h3-6,8H,7H2,1-2H3,(H,15,19)(H,16,17,18)/t8-/m0/s1. The molecule has 0 bridgehead atoms. The minimum Gasteiger partial charge on any atom is -0.346 e. The first-order chi connectivity index (χ1) is 9.04. The van der Waals surface area contributed by atoms with Crippen LogP contribution in [0, 0.1) is 12.7 Å². The van der Waals surface area contributed by atoms with Gasteiger partial charge in [0.2, 0.25) is 5.91 Å². The molecule has 0 aliphatic carbocycles. The van der Waals surface area contributed by atoms with Gasteiger partial charge in [0.1, 0.15) is 11.6 Å². The number of aromatic nitrogens is 3. The van der Waals surface area contributed by atoms with E-state index in [4.69, 9.17) is 0 Å². The monoisotopic (exact) mass is 262 g/mol. The first-order valence-electron chi connectivity index (χ1n) is 5.97. The fraction of sp³-hybridized carbons (Fsp3) is 0.308. The van der Waals surface area contributed by atoms with Crippen molar-refractivity contribution in [1.82, 2.24) is 20.5 Å². The smallest absolute Gasteiger partial charge is 0.225 e. The van der Waals surface area contributed by atoms with Crippen LogP contribution in [0.15, 0.2) is 24.3 Å². The van der Waals surface area contributed by atoms with Crippen LogP contribution in [0.1, 0.15) is 30.2 Å². The van der Waals surface area contributed by atoms with Crippen LogP contribution in [0.5, 0.6) is 0 Å². The number of nitrogens with zero attached hydrogens (tertiary/aromatic N) is 2. The van der Waals surface area contributed by atoms with Gasteiger partial charge >= 0.3 is 0 Å². The molecule has 0 radical (unpaired) electrons. The molecule has 2 N–H and O–H groups in total.